The normalized spacial score (nSPS) is 11.1. The molecule has 0 amide bonds. The van der Waals surface area contributed by atoms with Crippen molar-refractivity contribution in [2.45, 2.75) is 32.6 Å². The lowest BCUT2D eigenvalue weighted by molar-refractivity contribution is 0.0972. The SMILES string of the molecule is [CH]n1c(CCC)nc2c(C(=O)CCCO)cccc21. The predicted octanol–water partition coefficient (Wildman–Crippen LogP) is 2.46. The van der Waals surface area contributed by atoms with E-state index in [-0.39, 0.29) is 12.4 Å². The lowest BCUT2D eigenvalue weighted by atomic mass is 10.1. The van der Waals surface area contributed by atoms with E-state index in [1.54, 1.807) is 10.6 Å². The van der Waals surface area contributed by atoms with Crippen LogP contribution in [0.25, 0.3) is 11.0 Å². The van der Waals surface area contributed by atoms with Crippen LogP contribution in [0.1, 0.15) is 42.4 Å². The largest absolute Gasteiger partial charge is 0.396 e. The van der Waals surface area contributed by atoms with Crippen LogP contribution in [0.3, 0.4) is 0 Å². The molecule has 1 aromatic heterocycles. The fourth-order valence-corrected chi connectivity index (χ4v) is 2.16. The maximum absolute atomic E-state index is 12.1. The number of imidazole rings is 1. The molecule has 1 aromatic carbocycles. The van der Waals surface area contributed by atoms with Crippen molar-refractivity contribution in [3.05, 3.63) is 36.6 Å². The van der Waals surface area contributed by atoms with Crippen molar-refractivity contribution < 1.29 is 9.90 Å². The Bertz CT molecular complexity index is 587. The first-order valence-corrected chi connectivity index (χ1v) is 6.58. The number of aryl methyl sites for hydroxylation is 1. The second-order valence-electron chi connectivity index (χ2n) is 4.57. The zero-order valence-corrected chi connectivity index (χ0v) is 11.1. The summed E-state index contributed by atoms with van der Waals surface area (Å²) in [4.78, 5) is 16.6. The highest BCUT2D eigenvalue weighted by Gasteiger charge is 2.15. The maximum atomic E-state index is 12.1. The molecule has 0 saturated heterocycles. The number of aliphatic hydroxyl groups is 1. The smallest absolute Gasteiger partial charge is 0.165 e. The van der Waals surface area contributed by atoms with Gasteiger partial charge in [0.05, 0.1) is 18.1 Å². The van der Waals surface area contributed by atoms with E-state index < -0.39 is 0 Å². The van der Waals surface area contributed by atoms with Crippen LogP contribution in [0.15, 0.2) is 18.2 Å². The summed E-state index contributed by atoms with van der Waals surface area (Å²) in [6.07, 6.45) is 2.54. The average molecular weight is 258 g/mol. The lowest BCUT2D eigenvalue weighted by Gasteiger charge is -2.01. The van der Waals surface area contributed by atoms with E-state index in [9.17, 15) is 4.79 Å². The molecular weight excluding hydrogens is 240 g/mol. The van der Waals surface area contributed by atoms with E-state index in [1.807, 2.05) is 12.1 Å². The summed E-state index contributed by atoms with van der Waals surface area (Å²) in [5.74, 6) is 0.792. The molecule has 19 heavy (non-hydrogen) atoms. The molecular formula is C15H18N2O2. The third-order valence-corrected chi connectivity index (χ3v) is 3.13. The van der Waals surface area contributed by atoms with Gasteiger partial charge in [-0.05, 0) is 25.0 Å². The summed E-state index contributed by atoms with van der Waals surface area (Å²) in [5, 5.41) is 8.80. The van der Waals surface area contributed by atoms with Crippen molar-refractivity contribution in [1.82, 2.24) is 9.55 Å². The van der Waals surface area contributed by atoms with Crippen LogP contribution in [-0.2, 0) is 6.42 Å². The number of carbonyl (C=O) groups excluding carboxylic acids is 1. The molecule has 0 aliphatic heterocycles. The van der Waals surface area contributed by atoms with E-state index in [4.69, 9.17) is 12.2 Å². The molecule has 0 fully saturated rings. The quantitative estimate of drug-likeness (QED) is 0.810. The highest BCUT2D eigenvalue weighted by atomic mass is 16.3. The highest BCUT2D eigenvalue weighted by Crippen LogP contribution is 2.21. The predicted molar refractivity (Wildman–Crippen MR) is 74.1 cm³/mol. The second-order valence-corrected chi connectivity index (χ2v) is 4.57. The van der Waals surface area contributed by atoms with Crippen LogP contribution in [0.5, 0.6) is 0 Å². The van der Waals surface area contributed by atoms with Crippen molar-refractivity contribution in [2.24, 2.45) is 0 Å². The van der Waals surface area contributed by atoms with Gasteiger partial charge < -0.3 is 9.67 Å². The Labute approximate surface area is 113 Å². The van der Waals surface area contributed by atoms with Crippen LogP contribution >= 0.6 is 0 Å². The number of fused-ring (bicyclic) bond motifs is 1. The number of carbonyl (C=O) groups is 1. The number of Topliss-reactive ketones (excluding diaryl/α,β-unsaturated/α-hetero) is 1. The fourth-order valence-electron chi connectivity index (χ4n) is 2.16. The summed E-state index contributed by atoms with van der Waals surface area (Å²) in [6.45, 7) is 2.08. The lowest BCUT2D eigenvalue weighted by Crippen LogP contribution is -2.01. The van der Waals surface area contributed by atoms with Crippen molar-refractivity contribution in [2.75, 3.05) is 6.61 Å². The topological polar surface area (TPSA) is 55.1 Å². The molecule has 0 spiro atoms. The van der Waals surface area contributed by atoms with Gasteiger partial charge in [-0.3, -0.25) is 4.79 Å². The van der Waals surface area contributed by atoms with Gasteiger partial charge in [0.25, 0.3) is 0 Å². The monoisotopic (exact) mass is 258 g/mol. The Morgan fingerprint density at radius 3 is 2.95 bits per heavy atom. The maximum Gasteiger partial charge on any atom is 0.165 e. The summed E-state index contributed by atoms with van der Waals surface area (Å²) in [7, 11) is 6.00. The number of aromatic nitrogens is 2. The summed E-state index contributed by atoms with van der Waals surface area (Å²) in [6, 6.07) is 5.45. The second kappa shape index (κ2) is 5.97. The molecule has 0 saturated carbocycles. The van der Waals surface area contributed by atoms with Gasteiger partial charge in [-0.15, -0.1) is 0 Å². The summed E-state index contributed by atoms with van der Waals surface area (Å²) in [5.41, 5.74) is 2.03. The Morgan fingerprint density at radius 2 is 2.26 bits per heavy atom. The minimum absolute atomic E-state index is 0.000739. The Morgan fingerprint density at radius 1 is 1.47 bits per heavy atom. The van der Waals surface area contributed by atoms with Crippen molar-refractivity contribution in [3.8, 4) is 0 Å². The molecule has 1 N–H and O–H groups in total. The van der Waals surface area contributed by atoms with Gasteiger partial charge in [0.1, 0.15) is 5.82 Å². The molecule has 0 bridgehead atoms. The fraction of sp³-hybridized carbons (Fsp3) is 0.400. The van der Waals surface area contributed by atoms with E-state index in [1.165, 1.54) is 0 Å². The average Bonchev–Trinajstić information content (AvgIpc) is 2.74. The Hall–Kier alpha value is -1.68. The van der Waals surface area contributed by atoms with Gasteiger partial charge in [-0.2, -0.15) is 0 Å². The molecule has 0 unspecified atom stereocenters. The molecule has 4 nitrogen and oxygen atoms in total. The number of nitrogens with zero attached hydrogens (tertiary/aromatic N) is 2. The number of hydrogen-bond donors (Lipinski definition) is 1. The van der Waals surface area contributed by atoms with Gasteiger partial charge >= 0.3 is 0 Å². The van der Waals surface area contributed by atoms with Crippen molar-refractivity contribution in [3.63, 3.8) is 0 Å². The van der Waals surface area contributed by atoms with Crippen LogP contribution in [0.4, 0.5) is 0 Å². The summed E-state index contributed by atoms with van der Waals surface area (Å²) < 4.78 is 1.56. The highest BCUT2D eigenvalue weighted by molar-refractivity contribution is 6.06. The van der Waals surface area contributed by atoms with Gasteiger partial charge in [0, 0.05) is 25.0 Å². The first kappa shape index (κ1) is 13.7. The first-order chi connectivity index (χ1) is 9.19. The molecule has 0 atom stereocenters. The van der Waals surface area contributed by atoms with E-state index in [0.29, 0.717) is 23.9 Å². The van der Waals surface area contributed by atoms with E-state index >= 15 is 0 Å². The molecule has 0 aliphatic rings. The van der Waals surface area contributed by atoms with Crippen LogP contribution in [-0.4, -0.2) is 27.0 Å². The Balaban J connectivity index is 2.45. The number of hydrogen-bond acceptors (Lipinski definition) is 3. The van der Waals surface area contributed by atoms with Crippen LogP contribution < -0.4 is 0 Å². The first-order valence-electron chi connectivity index (χ1n) is 6.58. The zero-order valence-electron chi connectivity index (χ0n) is 11.1. The molecule has 1 heterocycles. The van der Waals surface area contributed by atoms with Gasteiger partial charge in [0.2, 0.25) is 0 Å². The van der Waals surface area contributed by atoms with Crippen molar-refractivity contribution in [1.29, 1.82) is 0 Å². The van der Waals surface area contributed by atoms with Gasteiger partial charge in [-0.25, -0.2) is 4.98 Å². The molecule has 2 aromatic rings. The van der Waals surface area contributed by atoms with Crippen LogP contribution in [0.2, 0.25) is 0 Å². The molecule has 100 valence electrons. The number of rotatable bonds is 6. The number of aliphatic hydroxyl groups excluding tert-OH is 1. The third kappa shape index (κ3) is 2.68. The minimum atomic E-state index is 0.000739. The number of para-hydroxylation sites is 1. The number of benzene rings is 1. The van der Waals surface area contributed by atoms with Crippen molar-refractivity contribution >= 4 is 16.8 Å². The third-order valence-electron chi connectivity index (χ3n) is 3.13. The van der Waals surface area contributed by atoms with Gasteiger partial charge in [0.15, 0.2) is 5.78 Å². The van der Waals surface area contributed by atoms with E-state index in [0.717, 1.165) is 24.2 Å². The van der Waals surface area contributed by atoms with E-state index in [2.05, 4.69) is 11.9 Å². The molecule has 2 radical (unpaired) electrons. The zero-order chi connectivity index (χ0) is 13.8. The Kier molecular flexibility index (Phi) is 4.32. The molecule has 2 rings (SSSR count). The summed E-state index contributed by atoms with van der Waals surface area (Å²) >= 11 is 0. The number of ketones is 1. The minimum Gasteiger partial charge on any atom is -0.396 e. The molecule has 4 heteroatoms. The van der Waals surface area contributed by atoms with Crippen LogP contribution in [0, 0.1) is 7.05 Å². The van der Waals surface area contributed by atoms with Gasteiger partial charge in [-0.1, -0.05) is 13.0 Å². The standard InChI is InChI=1S/C15H18N2O2/c1-3-6-14-16-15-11(13(19)9-5-10-18)7-4-8-12(15)17(14)2/h2,4,7-8,18H,3,5-6,9-10H2,1H3. The molecule has 0 aliphatic carbocycles.